The predicted octanol–water partition coefficient (Wildman–Crippen LogP) is 4.17. The van der Waals surface area contributed by atoms with E-state index < -0.39 is 0 Å². The monoisotopic (exact) mass is 383 g/mol. The second-order valence-electron chi connectivity index (χ2n) is 5.91. The van der Waals surface area contributed by atoms with E-state index in [1.165, 1.54) is 0 Å². The molecule has 1 amide bonds. The molecule has 3 rings (SSSR count). The molecule has 7 heteroatoms. The molecule has 0 aliphatic heterocycles. The summed E-state index contributed by atoms with van der Waals surface area (Å²) < 4.78 is 5.62. The van der Waals surface area contributed by atoms with E-state index in [1.54, 1.807) is 18.3 Å². The number of ether oxygens (including phenoxy) is 1. The van der Waals surface area contributed by atoms with Crippen molar-refractivity contribution < 1.29 is 9.53 Å². The molecule has 3 N–H and O–H groups in total. The van der Waals surface area contributed by atoms with E-state index in [9.17, 15) is 4.79 Å². The highest BCUT2D eigenvalue weighted by Gasteiger charge is 2.25. The van der Waals surface area contributed by atoms with Crippen molar-refractivity contribution in [3.63, 3.8) is 0 Å². The third-order valence-corrected chi connectivity index (χ3v) is 4.15. The molecule has 0 unspecified atom stereocenters. The van der Waals surface area contributed by atoms with Crippen molar-refractivity contribution in [2.24, 2.45) is 11.7 Å². The van der Waals surface area contributed by atoms with Gasteiger partial charge in [-0.15, -0.1) is 24.8 Å². The van der Waals surface area contributed by atoms with E-state index >= 15 is 0 Å². The highest BCUT2D eigenvalue weighted by atomic mass is 35.5. The highest BCUT2D eigenvalue weighted by molar-refractivity contribution is 5.90. The fourth-order valence-electron chi connectivity index (χ4n) is 2.89. The van der Waals surface area contributed by atoms with Crippen LogP contribution in [0.15, 0.2) is 48.7 Å². The fraction of sp³-hybridized carbons (Fsp3) is 0.333. The first-order chi connectivity index (χ1) is 11.2. The average molecular weight is 384 g/mol. The van der Waals surface area contributed by atoms with Gasteiger partial charge in [-0.25, -0.2) is 4.98 Å². The van der Waals surface area contributed by atoms with Crippen LogP contribution in [-0.2, 0) is 4.79 Å². The number of carbonyl (C=O) groups excluding carboxylic acids is 1. The molecule has 1 fully saturated rings. The zero-order valence-electron chi connectivity index (χ0n) is 13.8. The van der Waals surface area contributed by atoms with Gasteiger partial charge >= 0.3 is 0 Å². The van der Waals surface area contributed by atoms with Crippen LogP contribution in [0.25, 0.3) is 0 Å². The fourth-order valence-corrected chi connectivity index (χ4v) is 2.89. The largest absolute Gasteiger partial charge is 0.439 e. The Bertz CT molecular complexity index is 653. The molecule has 0 saturated heterocycles. The third-order valence-electron chi connectivity index (χ3n) is 4.15. The number of para-hydroxylation sites is 1. The average Bonchev–Trinajstić information content (AvgIpc) is 2.95. The number of rotatable bonds is 5. The molecule has 1 aliphatic rings. The molecule has 0 spiro atoms. The maximum atomic E-state index is 12.1. The van der Waals surface area contributed by atoms with E-state index in [4.69, 9.17) is 10.5 Å². The van der Waals surface area contributed by atoms with Crippen LogP contribution in [0.4, 0.5) is 5.69 Å². The van der Waals surface area contributed by atoms with Crippen LogP contribution < -0.4 is 15.8 Å². The Morgan fingerprint density at radius 1 is 1.16 bits per heavy atom. The van der Waals surface area contributed by atoms with Crippen LogP contribution in [-0.4, -0.2) is 16.9 Å². The Hall–Kier alpha value is -1.82. The number of nitrogens with zero attached hydrogens (tertiary/aromatic N) is 1. The topological polar surface area (TPSA) is 77.2 Å². The summed E-state index contributed by atoms with van der Waals surface area (Å²) in [6.45, 7) is 0. The zero-order chi connectivity index (χ0) is 16.1. The van der Waals surface area contributed by atoms with Gasteiger partial charge in [0, 0.05) is 18.5 Å². The molecule has 25 heavy (non-hydrogen) atoms. The van der Waals surface area contributed by atoms with Gasteiger partial charge in [0.2, 0.25) is 11.8 Å². The molecule has 136 valence electrons. The molecule has 1 aromatic heterocycles. The van der Waals surface area contributed by atoms with Gasteiger partial charge in [0.15, 0.2) is 0 Å². The summed E-state index contributed by atoms with van der Waals surface area (Å²) in [5, 5.41) is 2.87. The molecule has 5 nitrogen and oxygen atoms in total. The third kappa shape index (κ3) is 6.20. The van der Waals surface area contributed by atoms with Crippen molar-refractivity contribution in [2.45, 2.75) is 31.7 Å². The van der Waals surface area contributed by atoms with Gasteiger partial charge in [-0.05, 0) is 37.0 Å². The Labute approximate surface area is 160 Å². The molecule has 0 bridgehead atoms. The predicted molar refractivity (Wildman–Crippen MR) is 104 cm³/mol. The molecular formula is C18H23Cl2N3O2. The molecule has 1 heterocycles. The van der Waals surface area contributed by atoms with Crippen LogP contribution in [0.1, 0.15) is 25.7 Å². The molecule has 1 saturated carbocycles. The second kappa shape index (κ2) is 10.2. The first kappa shape index (κ1) is 21.2. The number of nitrogens with one attached hydrogen (secondary N) is 1. The summed E-state index contributed by atoms with van der Waals surface area (Å²) in [5.41, 5.74) is 6.67. The van der Waals surface area contributed by atoms with Gasteiger partial charge in [-0.3, -0.25) is 4.79 Å². The molecule has 1 aromatic carbocycles. The summed E-state index contributed by atoms with van der Waals surface area (Å²) in [4.78, 5) is 16.3. The lowest BCUT2D eigenvalue weighted by atomic mass is 10.00. The number of benzene rings is 1. The van der Waals surface area contributed by atoms with Gasteiger partial charge in [-0.1, -0.05) is 24.6 Å². The van der Waals surface area contributed by atoms with Crippen molar-refractivity contribution in [1.82, 2.24) is 4.98 Å². The molecule has 2 aromatic rings. The minimum absolute atomic E-state index is 0. The number of aromatic nitrogens is 1. The van der Waals surface area contributed by atoms with Crippen LogP contribution >= 0.6 is 24.8 Å². The second-order valence-corrected chi connectivity index (χ2v) is 5.91. The Kier molecular flexibility index (Phi) is 8.69. The van der Waals surface area contributed by atoms with Crippen molar-refractivity contribution in [3.8, 4) is 11.6 Å². The standard InChI is InChI=1S/C18H21N3O2.2ClH/c19-16-8-4-5-13(16)11-17(22)21-14-9-10-18(20-12-14)23-15-6-2-1-3-7-15;;/h1-3,6-7,9-10,12-13,16H,4-5,8,11,19H2,(H,21,22);2*1H/t13-,16+;;/m0../s1. The minimum atomic E-state index is -0.00845. The van der Waals surface area contributed by atoms with Crippen LogP contribution in [0.3, 0.4) is 0 Å². The van der Waals surface area contributed by atoms with Crippen molar-refractivity contribution in [1.29, 1.82) is 0 Å². The lowest BCUT2D eigenvalue weighted by molar-refractivity contribution is -0.117. The van der Waals surface area contributed by atoms with E-state index in [-0.39, 0.29) is 36.8 Å². The van der Waals surface area contributed by atoms with E-state index in [0.29, 0.717) is 23.9 Å². The number of halogens is 2. The number of hydrogen-bond acceptors (Lipinski definition) is 4. The maximum absolute atomic E-state index is 12.1. The lowest BCUT2D eigenvalue weighted by Gasteiger charge is -2.14. The van der Waals surface area contributed by atoms with Gasteiger partial charge in [0.1, 0.15) is 5.75 Å². The molecule has 1 aliphatic carbocycles. The number of hydrogen-bond donors (Lipinski definition) is 2. The van der Waals surface area contributed by atoms with Crippen LogP contribution in [0.2, 0.25) is 0 Å². The highest BCUT2D eigenvalue weighted by Crippen LogP contribution is 2.27. The normalized spacial score (nSPS) is 18.6. The summed E-state index contributed by atoms with van der Waals surface area (Å²) in [6.07, 6.45) is 5.25. The minimum Gasteiger partial charge on any atom is -0.439 e. The van der Waals surface area contributed by atoms with Crippen LogP contribution in [0.5, 0.6) is 11.6 Å². The Morgan fingerprint density at radius 3 is 2.52 bits per heavy atom. The molecule has 2 atom stereocenters. The number of pyridine rings is 1. The van der Waals surface area contributed by atoms with Crippen molar-refractivity contribution >= 4 is 36.4 Å². The summed E-state index contributed by atoms with van der Waals surface area (Å²) in [6, 6.07) is 13.1. The number of nitrogens with two attached hydrogens (primary N) is 1. The summed E-state index contributed by atoms with van der Waals surface area (Å²) in [7, 11) is 0. The van der Waals surface area contributed by atoms with Crippen LogP contribution in [0, 0.1) is 5.92 Å². The number of anilines is 1. The van der Waals surface area contributed by atoms with Crippen molar-refractivity contribution in [3.05, 3.63) is 48.7 Å². The van der Waals surface area contributed by atoms with Crippen molar-refractivity contribution in [2.75, 3.05) is 5.32 Å². The molecule has 0 radical (unpaired) electrons. The first-order valence-electron chi connectivity index (χ1n) is 7.95. The molecular weight excluding hydrogens is 361 g/mol. The Balaban J connectivity index is 0.00000156. The van der Waals surface area contributed by atoms with E-state index in [1.807, 2.05) is 30.3 Å². The maximum Gasteiger partial charge on any atom is 0.224 e. The summed E-state index contributed by atoms with van der Waals surface area (Å²) in [5.74, 6) is 1.51. The van der Waals surface area contributed by atoms with E-state index in [2.05, 4.69) is 10.3 Å². The smallest absolute Gasteiger partial charge is 0.224 e. The zero-order valence-corrected chi connectivity index (χ0v) is 15.4. The Morgan fingerprint density at radius 2 is 1.92 bits per heavy atom. The number of carbonyl (C=O) groups is 1. The quantitative estimate of drug-likeness (QED) is 0.811. The summed E-state index contributed by atoms with van der Waals surface area (Å²) >= 11 is 0. The SMILES string of the molecule is Cl.Cl.N[C@@H]1CCC[C@H]1CC(=O)Nc1ccc(Oc2ccccc2)nc1. The van der Waals surface area contributed by atoms with E-state index in [0.717, 1.165) is 25.0 Å². The first-order valence-corrected chi connectivity index (χ1v) is 7.95. The lowest BCUT2D eigenvalue weighted by Crippen LogP contribution is -2.28. The number of amides is 1. The van der Waals surface area contributed by atoms with Gasteiger partial charge in [0.25, 0.3) is 0 Å². The van der Waals surface area contributed by atoms with Gasteiger partial charge in [0.05, 0.1) is 11.9 Å². The van der Waals surface area contributed by atoms with Gasteiger partial charge in [-0.2, -0.15) is 0 Å². The van der Waals surface area contributed by atoms with Gasteiger partial charge < -0.3 is 15.8 Å².